The summed E-state index contributed by atoms with van der Waals surface area (Å²) in [5, 5.41) is 9.52. The van der Waals surface area contributed by atoms with Gasteiger partial charge in [0, 0.05) is 20.0 Å². The highest BCUT2D eigenvalue weighted by Crippen LogP contribution is 2.24. The van der Waals surface area contributed by atoms with Crippen molar-refractivity contribution in [2.24, 2.45) is 11.8 Å². The van der Waals surface area contributed by atoms with E-state index < -0.39 is 47.7 Å². The van der Waals surface area contributed by atoms with Crippen molar-refractivity contribution in [3.8, 4) is 0 Å². The third-order valence-corrected chi connectivity index (χ3v) is 4.92. The number of likely N-dealkylation sites (tertiary alicyclic amines) is 1. The number of carboxylic acids is 1. The van der Waals surface area contributed by atoms with Gasteiger partial charge < -0.3 is 19.5 Å². The Morgan fingerprint density at radius 1 is 1.13 bits per heavy atom. The molecule has 9 heteroatoms. The third-order valence-electron chi connectivity index (χ3n) is 4.92. The van der Waals surface area contributed by atoms with Gasteiger partial charge in [0.05, 0.1) is 0 Å². The smallest absolute Gasteiger partial charge is 0.410 e. The van der Waals surface area contributed by atoms with Crippen LogP contribution in [0, 0.1) is 11.8 Å². The van der Waals surface area contributed by atoms with Crippen LogP contribution < -0.4 is 0 Å². The molecular weight excluding hydrogens is 404 g/mol. The predicted octanol–water partition coefficient (Wildman–Crippen LogP) is 2.91. The number of hydrogen-bond acceptors (Lipinski definition) is 6. The van der Waals surface area contributed by atoms with E-state index in [4.69, 9.17) is 9.47 Å². The lowest BCUT2D eigenvalue weighted by molar-refractivity contribution is -0.162. The number of rotatable bonds is 9. The summed E-state index contributed by atoms with van der Waals surface area (Å²) < 4.78 is 10.8. The largest absolute Gasteiger partial charge is 0.480 e. The number of hydrogen-bond donors (Lipinski definition) is 1. The van der Waals surface area contributed by atoms with Crippen LogP contribution >= 0.6 is 0 Å². The van der Waals surface area contributed by atoms with Crippen molar-refractivity contribution in [3.63, 3.8) is 0 Å². The molecule has 1 rings (SSSR count). The molecule has 0 radical (unpaired) electrons. The van der Waals surface area contributed by atoms with Gasteiger partial charge in [-0.25, -0.2) is 14.4 Å². The molecule has 0 unspecified atom stereocenters. The second-order valence-corrected chi connectivity index (χ2v) is 9.97. The molecule has 0 spiro atoms. The van der Waals surface area contributed by atoms with E-state index in [1.807, 2.05) is 27.7 Å². The van der Waals surface area contributed by atoms with E-state index in [2.05, 4.69) is 0 Å². The van der Waals surface area contributed by atoms with Crippen LogP contribution in [0.15, 0.2) is 0 Å². The fraction of sp³-hybridized carbons (Fsp3) is 0.818. The second-order valence-electron chi connectivity index (χ2n) is 9.97. The van der Waals surface area contributed by atoms with E-state index in [9.17, 15) is 24.3 Å². The molecule has 0 bridgehead atoms. The van der Waals surface area contributed by atoms with Gasteiger partial charge >= 0.3 is 18.0 Å². The van der Waals surface area contributed by atoms with Crippen LogP contribution in [0.25, 0.3) is 0 Å². The van der Waals surface area contributed by atoms with Crippen molar-refractivity contribution in [1.82, 2.24) is 9.80 Å². The van der Waals surface area contributed by atoms with Crippen molar-refractivity contribution in [3.05, 3.63) is 0 Å². The summed E-state index contributed by atoms with van der Waals surface area (Å²) >= 11 is 0. The Morgan fingerprint density at radius 3 is 2.13 bits per heavy atom. The maximum Gasteiger partial charge on any atom is 0.410 e. The maximum absolute atomic E-state index is 12.9. The molecule has 0 aromatic heterocycles. The molecule has 3 atom stereocenters. The molecular formula is C22H38N2O7. The van der Waals surface area contributed by atoms with E-state index in [0.717, 1.165) is 0 Å². The zero-order valence-corrected chi connectivity index (χ0v) is 20.0. The summed E-state index contributed by atoms with van der Waals surface area (Å²) in [5.74, 6) is -2.10. The van der Waals surface area contributed by atoms with Gasteiger partial charge in [-0.3, -0.25) is 9.69 Å². The van der Waals surface area contributed by atoms with Gasteiger partial charge in [-0.05, 0) is 45.4 Å². The number of likely N-dealkylation sites (N-methyl/N-ethyl adjacent to an activating group) is 1. The average molecular weight is 443 g/mol. The molecule has 0 aromatic carbocycles. The summed E-state index contributed by atoms with van der Waals surface area (Å²) in [7, 11) is 1.47. The van der Waals surface area contributed by atoms with Crippen molar-refractivity contribution >= 4 is 23.9 Å². The van der Waals surface area contributed by atoms with Gasteiger partial charge in [0.15, 0.2) is 6.10 Å². The molecule has 1 N–H and O–H groups in total. The number of ether oxygens (including phenoxy) is 2. The highest BCUT2D eigenvalue weighted by atomic mass is 16.6. The Bertz CT molecular complexity index is 669. The Kier molecular flexibility index (Phi) is 9.32. The molecule has 178 valence electrons. The summed E-state index contributed by atoms with van der Waals surface area (Å²) in [6, 6.07) is -1.87. The lowest BCUT2D eigenvalue weighted by Gasteiger charge is -2.31. The molecule has 0 saturated carbocycles. The summed E-state index contributed by atoms with van der Waals surface area (Å²) in [6.07, 6.45) is -0.832. The quantitative estimate of drug-likeness (QED) is 0.546. The van der Waals surface area contributed by atoms with Crippen molar-refractivity contribution < 1.29 is 33.8 Å². The SMILES string of the molecule is CC(C)C[C@@H](C(=O)O[C@@H]1CCN([C@@H](CC(C)C)C(=O)O)C1=O)N(C)C(=O)OC(C)(C)C. The van der Waals surface area contributed by atoms with Gasteiger partial charge in [-0.15, -0.1) is 0 Å². The number of nitrogens with zero attached hydrogens (tertiary/aromatic N) is 2. The van der Waals surface area contributed by atoms with Crippen LogP contribution in [-0.2, 0) is 23.9 Å². The molecule has 31 heavy (non-hydrogen) atoms. The summed E-state index contributed by atoms with van der Waals surface area (Å²) in [5.41, 5.74) is -0.720. The molecule has 1 saturated heterocycles. The van der Waals surface area contributed by atoms with Gasteiger partial charge in [0.2, 0.25) is 0 Å². The van der Waals surface area contributed by atoms with E-state index in [0.29, 0.717) is 12.8 Å². The number of carboxylic acid groups (broad SMARTS) is 1. The topological polar surface area (TPSA) is 113 Å². The molecule has 9 nitrogen and oxygen atoms in total. The molecule has 2 amide bonds. The Balaban J connectivity index is 2.92. The average Bonchev–Trinajstić information content (AvgIpc) is 2.95. The van der Waals surface area contributed by atoms with E-state index in [1.54, 1.807) is 20.8 Å². The highest BCUT2D eigenvalue weighted by molar-refractivity contribution is 5.90. The monoisotopic (exact) mass is 442 g/mol. The molecule has 1 aliphatic heterocycles. The fourth-order valence-electron chi connectivity index (χ4n) is 3.44. The number of amides is 2. The number of carbonyl (C=O) groups is 4. The van der Waals surface area contributed by atoms with Crippen molar-refractivity contribution in [2.45, 2.75) is 91.5 Å². The Morgan fingerprint density at radius 2 is 1.68 bits per heavy atom. The minimum absolute atomic E-state index is 0.0839. The summed E-state index contributed by atoms with van der Waals surface area (Å²) in [6.45, 7) is 13.0. The zero-order chi connectivity index (χ0) is 24.1. The maximum atomic E-state index is 12.9. The van der Waals surface area contributed by atoms with Gasteiger partial charge in [-0.1, -0.05) is 27.7 Å². The highest BCUT2D eigenvalue weighted by Gasteiger charge is 2.42. The van der Waals surface area contributed by atoms with Gasteiger partial charge in [-0.2, -0.15) is 0 Å². The van der Waals surface area contributed by atoms with Gasteiger partial charge in [0.1, 0.15) is 17.7 Å². The van der Waals surface area contributed by atoms with Crippen LogP contribution in [0.5, 0.6) is 0 Å². The van der Waals surface area contributed by atoms with Crippen LogP contribution in [0.1, 0.15) is 67.7 Å². The predicted molar refractivity (Wildman–Crippen MR) is 114 cm³/mol. The number of carbonyl (C=O) groups excluding carboxylic acids is 3. The summed E-state index contributed by atoms with van der Waals surface area (Å²) in [4.78, 5) is 52.3. The fourth-order valence-corrected chi connectivity index (χ4v) is 3.44. The standard InChI is InChI=1S/C22H38N2O7/c1-13(2)11-15(19(26)27)24-10-9-17(18(24)25)30-20(28)16(12-14(3)4)23(8)21(29)31-22(5,6)7/h13-17H,9-12H2,1-8H3,(H,26,27)/t15-,16-,17+/m0/s1. The normalized spacial score (nSPS) is 18.8. The lowest BCUT2D eigenvalue weighted by atomic mass is 10.0. The molecule has 1 aliphatic rings. The van der Waals surface area contributed by atoms with Crippen LogP contribution in [-0.4, -0.2) is 76.2 Å². The lowest BCUT2D eigenvalue weighted by Crippen LogP contribution is -2.48. The number of esters is 1. The minimum atomic E-state index is -1.07. The molecule has 0 aliphatic carbocycles. The van der Waals surface area contributed by atoms with Crippen LogP contribution in [0.4, 0.5) is 4.79 Å². The Labute approximate surface area is 185 Å². The van der Waals surface area contributed by atoms with Crippen LogP contribution in [0.3, 0.4) is 0 Å². The first-order valence-corrected chi connectivity index (χ1v) is 10.8. The first-order valence-electron chi connectivity index (χ1n) is 10.8. The van der Waals surface area contributed by atoms with Crippen molar-refractivity contribution in [2.75, 3.05) is 13.6 Å². The third kappa shape index (κ3) is 8.03. The number of aliphatic carboxylic acids is 1. The van der Waals surface area contributed by atoms with E-state index >= 15 is 0 Å². The van der Waals surface area contributed by atoms with Gasteiger partial charge in [0.25, 0.3) is 5.91 Å². The van der Waals surface area contributed by atoms with Crippen LogP contribution in [0.2, 0.25) is 0 Å². The molecule has 1 heterocycles. The second kappa shape index (κ2) is 10.8. The molecule has 1 fully saturated rings. The first kappa shape index (κ1) is 26.7. The van der Waals surface area contributed by atoms with E-state index in [1.165, 1.54) is 16.8 Å². The Hall–Kier alpha value is -2.32. The minimum Gasteiger partial charge on any atom is -0.480 e. The first-order chi connectivity index (χ1) is 14.1. The van der Waals surface area contributed by atoms with E-state index in [-0.39, 0.29) is 24.8 Å². The zero-order valence-electron chi connectivity index (χ0n) is 20.0. The molecule has 0 aromatic rings. The van der Waals surface area contributed by atoms with Crippen molar-refractivity contribution in [1.29, 1.82) is 0 Å².